The van der Waals surface area contributed by atoms with Gasteiger partial charge in [-0.25, -0.2) is 13.1 Å². The summed E-state index contributed by atoms with van der Waals surface area (Å²) in [5.74, 6) is 1.32. The molecule has 0 aliphatic carbocycles. The number of rotatable bonds is 11. The highest BCUT2D eigenvalue weighted by Crippen LogP contribution is 2.18. The maximum atomic E-state index is 12.5. The lowest BCUT2D eigenvalue weighted by Crippen LogP contribution is -2.23. The first kappa shape index (κ1) is 21.2. The molecule has 1 N–H and O–H groups in total. The molecule has 0 saturated heterocycles. The van der Waals surface area contributed by atoms with E-state index in [4.69, 9.17) is 14.2 Å². The molecule has 0 spiro atoms. The molecule has 27 heavy (non-hydrogen) atoms. The van der Waals surface area contributed by atoms with Gasteiger partial charge in [-0.3, -0.25) is 0 Å². The van der Waals surface area contributed by atoms with Crippen LogP contribution in [0.5, 0.6) is 11.5 Å². The molecule has 2 aromatic rings. The van der Waals surface area contributed by atoms with E-state index in [-0.39, 0.29) is 17.5 Å². The highest BCUT2D eigenvalue weighted by Gasteiger charge is 2.14. The summed E-state index contributed by atoms with van der Waals surface area (Å²) in [6.07, 6.45) is 0.0613. The molecule has 0 radical (unpaired) electrons. The summed E-state index contributed by atoms with van der Waals surface area (Å²) in [6, 6.07) is 13.7. The van der Waals surface area contributed by atoms with Crippen molar-refractivity contribution in [3.8, 4) is 11.5 Å². The van der Waals surface area contributed by atoms with Gasteiger partial charge in [0.05, 0.1) is 17.6 Å². The van der Waals surface area contributed by atoms with Gasteiger partial charge in [-0.1, -0.05) is 12.1 Å². The highest BCUT2D eigenvalue weighted by atomic mass is 32.2. The SMILES string of the molecule is CCOCCOc1ccc(S(=O)(=O)NCc2cccc(OC(C)C)c2)cc1. The van der Waals surface area contributed by atoms with Gasteiger partial charge in [-0.15, -0.1) is 0 Å². The highest BCUT2D eigenvalue weighted by molar-refractivity contribution is 7.89. The number of nitrogens with one attached hydrogen (secondary N) is 1. The number of sulfonamides is 1. The molecule has 2 aromatic carbocycles. The van der Waals surface area contributed by atoms with Gasteiger partial charge in [0, 0.05) is 13.2 Å². The van der Waals surface area contributed by atoms with Crippen molar-refractivity contribution in [2.45, 2.75) is 38.3 Å². The topological polar surface area (TPSA) is 73.9 Å². The van der Waals surface area contributed by atoms with Crippen LogP contribution in [-0.4, -0.2) is 34.3 Å². The minimum Gasteiger partial charge on any atom is -0.491 e. The largest absolute Gasteiger partial charge is 0.491 e. The fourth-order valence-electron chi connectivity index (χ4n) is 2.34. The molecular formula is C20H27NO5S. The molecule has 0 aliphatic rings. The fourth-order valence-corrected chi connectivity index (χ4v) is 3.36. The van der Waals surface area contributed by atoms with Crippen molar-refractivity contribution in [1.29, 1.82) is 0 Å². The van der Waals surface area contributed by atoms with Crippen molar-refractivity contribution < 1.29 is 22.6 Å². The second-order valence-electron chi connectivity index (χ2n) is 6.16. The Morgan fingerprint density at radius 2 is 1.74 bits per heavy atom. The second-order valence-corrected chi connectivity index (χ2v) is 7.92. The molecule has 0 unspecified atom stereocenters. The van der Waals surface area contributed by atoms with E-state index in [1.54, 1.807) is 12.1 Å². The van der Waals surface area contributed by atoms with Crippen molar-refractivity contribution in [3.63, 3.8) is 0 Å². The van der Waals surface area contributed by atoms with E-state index < -0.39 is 10.0 Å². The number of ether oxygens (including phenoxy) is 3. The third kappa shape index (κ3) is 7.21. The van der Waals surface area contributed by atoms with Crippen LogP contribution >= 0.6 is 0 Å². The summed E-state index contributed by atoms with van der Waals surface area (Å²) in [6.45, 7) is 7.55. The van der Waals surface area contributed by atoms with Crippen LogP contribution in [0.2, 0.25) is 0 Å². The van der Waals surface area contributed by atoms with Crippen LogP contribution in [0.15, 0.2) is 53.4 Å². The minimum absolute atomic E-state index is 0.0613. The number of hydrogen-bond donors (Lipinski definition) is 1. The third-order valence-corrected chi connectivity index (χ3v) is 4.99. The minimum atomic E-state index is -3.61. The van der Waals surface area contributed by atoms with Gasteiger partial charge < -0.3 is 14.2 Å². The number of hydrogen-bond acceptors (Lipinski definition) is 5. The van der Waals surface area contributed by atoms with Crippen LogP contribution in [0.3, 0.4) is 0 Å². The lowest BCUT2D eigenvalue weighted by atomic mass is 10.2. The molecule has 2 rings (SSSR count). The van der Waals surface area contributed by atoms with Crippen LogP contribution in [0.1, 0.15) is 26.3 Å². The Kier molecular flexibility index (Phi) is 8.09. The standard InChI is InChI=1S/C20H27NO5S/c1-4-24-12-13-25-18-8-10-20(11-9-18)27(22,23)21-15-17-6-5-7-19(14-17)26-16(2)3/h5-11,14,16,21H,4,12-13,15H2,1-3H3. The zero-order valence-electron chi connectivity index (χ0n) is 16.0. The summed E-state index contributed by atoms with van der Waals surface area (Å²) in [7, 11) is -3.61. The molecule has 148 valence electrons. The predicted octanol–water partition coefficient (Wildman–Crippen LogP) is 3.37. The Balaban J connectivity index is 1.94. The van der Waals surface area contributed by atoms with Crippen molar-refractivity contribution in [2.24, 2.45) is 0 Å². The average Bonchev–Trinajstić information content (AvgIpc) is 2.64. The van der Waals surface area contributed by atoms with Gasteiger partial charge in [-0.05, 0) is 62.7 Å². The second kappa shape index (κ2) is 10.3. The van der Waals surface area contributed by atoms with E-state index in [0.29, 0.717) is 25.6 Å². The Morgan fingerprint density at radius 1 is 1.00 bits per heavy atom. The zero-order valence-corrected chi connectivity index (χ0v) is 16.8. The summed E-state index contributed by atoms with van der Waals surface area (Å²) < 4.78 is 43.9. The molecule has 0 saturated carbocycles. The van der Waals surface area contributed by atoms with Crippen LogP contribution in [0.25, 0.3) is 0 Å². The molecule has 7 heteroatoms. The molecule has 0 atom stereocenters. The summed E-state index contributed by atoms with van der Waals surface area (Å²) in [5, 5.41) is 0. The van der Waals surface area contributed by atoms with Gasteiger partial charge in [-0.2, -0.15) is 0 Å². The molecule has 0 heterocycles. The first-order chi connectivity index (χ1) is 12.9. The average molecular weight is 394 g/mol. The quantitative estimate of drug-likeness (QED) is 0.593. The summed E-state index contributed by atoms with van der Waals surface area (Å²) in [4.78, 5) is 0.189. The van der Waals surface area contributed by atoms with E-state index in [0.717, 1.165) is 11.3 Å². The lowest BCUT2D eigenvalue weighted by molar-refractivity contribution is 0.110. The third-order valence-electron chi connectivity index (χ3n) is 3.57. The van der Waals surface area contributed by atoms with E-state index in [9.17, 15) is 8.42 Å². The van der Waals surface area contributed by atoms with E-state index >= 15 is 0 Å². The van der Waals surface area contributed by atoms with Gasteiger partial charge in [0.1, 0.15) is 18.1 Å². The number of benzene rings is 2. The fraction of sp³-hybridized carbons (Fsp3) is 0.400. The molecule has 0 aliphatic heterocycles. The molecule has 0 bridgehead atoms. The van der Waals surface area contributed by atoms with Crippen LogP contribution in [0.4, 0.5) is 0 Å². The van der Waals surface area contributed by atoms with Crippen LogP contribution in [-0.2, 0) is 21.3 Å². The smallest absolute Gasteiger partial charge is 0.240 e. The van der Waals surface area contributed by atoms with Crippen LogP contribution < -0.4 is 14.2 Å². The van der Waals surface area contributed by atoms with Gasteiger partial charge in [0.2, 0.25) is 10.0 Å². The molecular weight excluding hydrogens is 366 g/mol. The molecule has 0 fully saturated rings. The zero-order chi connectivity index (χ0) is 19.7. The maximum absolute atomic E-state index is 12.5. The first-order valence-electron chi connectivity index (χ1n) is 8.96. The van der Waals surface area contributed by atoms with Crippen molar-refractivity contribution in [1.82, 2.24) is 4.72 Å². The lowest BCUT2D eigenvalue weighted by Gasteiger charge is -2.12. The van der Waals surface area contributed by atoms with Gasteiger partial charge in [0.15, 0.2) is 0 Å². The van der Waals surface area contributed by atoms with Gasteiger partial charge >= 0.3 is 0 Å². The van der Waals surface area contributed by atoms with Crippen molar-refractivity contribution in [2.75, 3.05) is 19.8 Å². The van der Waals surface area contributed by atoms with E-state index in [2.05, 4.69) is 4.72 Å². The van der Waals surface area contributed by atoms with Gasteiger partial charge in [0.25, 0.3) is 0 Å². The van der Waals surface area contributed by atoms with E-state index in [1.165, 1.54) is 12.1 Å². The summed E-state index contributed by atoms with van der Waals surface area (Å²) in [5.41, 5.74) is 0.826. The Morgan fingerprint density at radius 3 is 2.41 bits per heavy atom. The molecule has 0 amide bonds. The Bertz CT molecular complexity index is 803. The predicted molar refractivity (Wildman–Crippen MR) is 105 cm³/mol. The monoisotopic (exact) mass is 393 g/mol. The Hall–Kier alpha value is -2.09. The van der Waals surface area contributed by atoms with Crippen LogP contribution in [0, 0.1) is 0 Å². The maximum Gasteiger partial charge on any atom is 0.240 e. The normalized spacial score (nSPS) is 11.6. The van der Waals surface area contributed by atoms with E-state index in [1.807, 2.05) is 45.0 Å². The Labute approximate surface area is 161 Å². The molecule has 6 nitrogen and oxygen atoms in total. The first-order valence-corrected chi connectivity index (χ1v) is 10.4. The van der Waals surface area contributed by atoms with Crippen molar-refractivity contribution in [3.05, 3.63) is 54.1 Å². The molecule has 0 aromatic heterocycles. The summed E-state index contributed by atoms with van der Waals surface area (Å²) >= 11 is 0. The van der Waals surface area contributed by atoms with Crippen molar-refractivity contribution >= 4 is 10.0 Å².